The lowest BCUT2D eigenvalue weighted by molar-refractivity contribution is 0.0345. The number of aliphatic hydroxyl groups is 1. The molecule has 2 aromatic carbocycles. The molecule has 3 atom stereocenters. The van der Waals surface area contributed by atoms with Crippen molar-refractivity contribution in [1.29, 1.82) is 0 Å². The van der Waals surface area contributed by atoms with Crippen molar-refractivity contribution in [1.82, 2.24) is 14.5 Å². The highest BCUT2D eigenvalue weighted by Crippen LogP contribution is 2.33. The average molecular weight is 412 g/mol. The fourth-order valence-corrected chi connectivity index (χ4v) is 4.52. The summed E-state index contributed by atoms with van der Waals surface area (Å²) in [6, 6.07) is 13.3. The normalized spacial score (nSPS) is 19.5. The van der Waals surface area contributed by atoms with Gasteiger partial charge in [-0.15, -0.1) is 0 Å². The zero-order chi connectivity index (χ0) is 21.3. The number of para-hydroxylation sites is 2. The number of benzene rings is 2. The van der Waals surface area contributed by atoms with E-state index in [4.69, 9.17) is 9.47 Å². The lowest BCUT2D eigenvalue weighted by atomic mass is 9.97. The fraction of sp³-hybridized carbons (Fsp3) is 0.435. The molecule has 0 saturated carbocycles. The summed E-state index contributed by atoms with van der Waals surface area (Å²) in [4.78, 5) is 17.8. The molecule has 1 aromatic heterocycles. The first-order valence-corrected chi connectivity index (χ1v) is 10.4. The quantitative estimate of drug-likeness (QED) is 0.652. The number of hydrogen-bond donors (Lipinski definition) is 2. The van der Waals surface area contributed by atoms with Gasteiger partial charge in [0.2, 0.25) is 0 Å². The van der Waals surface area contributed by atoms with E-state index in [0.717, 1.165) is 36.0 Å². The molecule has 4 rings (SSSR count). The van der Waals surface area contributed by atoms with Crippen molar-refractivity contribution in [3.63, 3.8) is 0 Å². The second kappa shape index (κ2) is 8.53. The Bertz CT molecular complexity index is 1070. The van der Waals surface area contributed by atoms with E-state index in [1.54, 1.807) is 14.2 Å². The van der Waals surface area contributed by atoms with Gasteiger partial charge in [0.1, 0.15) is 0 Å². The number of imidazole rings is 1. The van der Waals surface area contributed by atoms with Crippen LogP contribution in [-0.4, -0.2) is 52.9 Å². The Kier molecular flexibility index (Phi) is 5.83. The van der Waals surface area contributed by atoms with Gasteiger partial charge in [0.05, 0.1) is 37.4 Å². The first kappa shape index (κ1) is 20.5. The van der Waals surface area contributed by atoms with Crippen molar-refractivity contribution in [2.24, 2.45) is 0 Å². The number of ether oxygens (including phenoxy) is 2. The Morgan fingerprint density at radius 2 is 1.90 bits per heavy atom. The predicted octanol–water partition coefficient (Wildman–Crippen LogP) is 3.11. The van der Waals surface area contributed by atoms with Crippen LogP contribution in [0.4, 0.5) is 0 Å². The molecule has 1 saturated heterocycles. The number of aromatic amines is 1. The SMILES string of the molecule is COc1ccc(C(O)C(C)N2CCCC(n3c(=O)[nH]c4ccccc43)C2)cc1OC. The Balaban J connectivity index is 1.55. The Morgan fingerprint density at radius 1 is 1.13 bits per heavy atom. The third kappa shape index (κ3) is 3.70. The van der Waals surface area contributed by atoms with Gasteiger partial charge in [0, 0.05) is 12.6 Å². The second-order valence-corrected chi connectivity index (χ2v) is 7.91. The number of nitrogens with zero attached hydrogens (tertiary/aromatic N) is 2. The molecule has 2 heterocycles. The van der Waals surface area contributed by atoms with Crippen LogP contribution in [0.5, 0.6) is 11.5 Å². The summed E-state index contributed by atoms with van der Waals surface area (Å²) in [6.07, 6.45) is 1.24. The van der Waals surface area contributed by atoms with Crippen molar-refractivity contribution < 1.29 is 14.6 Å². The Morgan fingerprint density at radius 3 is 2.67 bits per heavy atom. The van der Waals surface area contributed by atoms with Gasteiger partial charge >= 0.3 is 5.69 Å². The van der Waals surface area contributed by atoms with Crippen molar-refractivity contribution in [2.45, 2.75) is 38.0 Å². The number of aromatic nitrogens is 2. The summed E-state index contributed by atoms with van der Waals surface area (Å²) in [5.74, 6) is 1.24. The number of H-pyrrole nitrogens is 1. The number of nitrogens with one attached hydrogen (secondary N) is 1. The van der Waals surface area contributed by atoms with Gasteiger partial charge in [-0.1, -0.05) is 18.2 Å². The first-order chi connectivity index (χ1) is 14.5. The number of likely N-dealkylation sites (tertiary alicyclic amines) is 1. The molecule has 0 spiro atoms. The number of piperidine rings is 1. The molecule has 0 radical (unpaired) electrons. The molecular weight excluding hydrogens is 382 g/mol. The summed E-state index contributed by atoms with van der Waals surface area (Å²) in [7, 11) is 3.18. The maximum absolute atomic E-state index is 12.6. The minimum atomic E-state index is -0.678. The molecule has 1 aliphatic heterocycles. The van der Waals surface area contributed by atoms with E-state index in [1.807, 2.05) is 54.0 Å². The average Bonchev–Trinajstić information content (AvgIpc) is 3.13. The second-order valence-electron chi connectivity index (χ2n) is 7.91. The van der Waals surface area contributed by atoms with Crippen molar-refractivity contribution >= 4 is 11.0 Å². The molecule has 1 aliphatic rings. The number of fused-ring (bicyclic) bond motifs is 1. The first-order valence-electron chi connectivity index (χ1n) is 10.4. The lowest BCUT2D eigenvalue weighted by Gasteiger charge is -2.39. The van der Waals surface area contributed by atoms with Crippen LogP contribution in [0, 0.1) is 0 Å². The number of aliphatic hydroxyl groups excluding tert-OH is 1. The molecule has 0 aliphatic carbocycles. The Labute approximate surface area is 175 Å². The Hall–Kier alpha value is -2.77. The van der Waals surface area contributed by atoms with Crippen LogP contribution >= 0.6 is 0 Å². The van der Waals surface area contributed by atoms with Crippen molar-refractivity contribution in [3.8, 4) is 11.5 Å². The summed E-state index contributed by atoms with van der Waals surface area (Å²) >= 11 is 0. The van der Waals surface area contributed by atoms with Crippen LogP contribution in [0.25, 0.3) is 11.0 Å². The summed E-state index contributed by atoms with van der Waals surface area (Å²) in [5.41, 5.74) is 2.50. The highest BCUT2D eigenvalue weighted by atomic mass is 16.5. The van der Waals surface area contributed by atoms with Gasteiger partial charge < -0.3 is 19.6 Å². The summed E-state index contributed by atoms with van der Waals surface area (Å²) in [6.45, 7) is 3.63. The minimum absolute atomic E-state index is 0.0717. The third-order valence-electron chi connectivity index (χ3n) is 6.20. The molecule has 7 heteroatoms. The highest BCUT2D eigenvalue weighted by molar-refractivity contribution is 5.75. The molecule has 30 heavy (non-hydrogen) atoms. The zero-order valence-electron chi connectivity index (χ0n) is 17.7. The van der Waals surface area contributed by atoms with E-state index in [9.17, 15) is 9.90 Å². The molecule has 7 nitrogen and oxygen atoms in total. The highest BCUT2D eigenvalue weighted by Gasteiger charge is 2.30. The van der Waals surface area contributed by atoms with E-state index in [0.29, 0.717) is 18.0 Å². The van der Waals surface area contributed by atoms with Gasteiger partial charge in [-0.25, -0.2) is 4.79 Å². The van der Waals surface area contributed by atoms with Crippen LogP contribution in [0.15, 0.2) is 47.3 Å². The van der Waals surface area contributed by atoms with Gasteiger partial charge in [0.15, 0.2) is 11.5 Å². The summed E-state index contributed by atoms with van der Waals surface area (Å²) < 4.78 is 12.6. The van der Waals surface area contributed by atoms with E-state index in [2.05, 4.69) is 9.88 Å². The monoisotopic (exact) mass is 411 g/mol. The van der Waals surface area contributed by atoms with E-state index >= 15 is 0 Å². The molecule has 0 amide bonds. The number of rotatable bonds is 6. The van der Waals surface area contributed by atoms with Gasteiger partial charge in [0.25, 0.3) is 0 Å². The maximum Gasteiger partial charge on any atom is 0.326 e. The van der Waals surface area contributed by atoms with Gasteiger partial charge in [-0.3, -0.25) is 9.47 Å². The molecule has 3 unspecified atom stereocenters. The van der Waals surface area contributed by atoms with E-state index < -0.39 is 6.10 Å². The van der Waals surface area contributed by atoms with Gasteiger partial charge in [-0.2, -0.15) is 0 Å². The maximum atomic E-state index is 12.6. The fourth-order valence-electron chi connectivity index (χ4n) is 4.52. The number of methoxy groups -OCH3 is 2. The van der Waals surface area contributed by atoms with Crippen LogP contribution < -0.4 is 15.2 Å². The number of hydrogen-bond acceptors (Lipinski definition) is 5. The van der Waals surface area contributed by atoms with E-state index in [1.165, 1.54) is 0 Å². The molecule has 0 bridgehead atoms. The van der Waals surface area contributed by atoms with Gasteiger partial charge in [-0.05, 0) is 56.1 Å². The van der Waals surface area contributed by atoms with Crippen LogP contribution in [-0.2, 0) is 0 Å². The molecule has 3 aromatic rings. The summed E-state index contributed by atoms with van der Waals surface area (Å²) in [5, 5.41) is 11.1. The minimum Gasteiger partial charge on any atom is -0.493 e. The zero-order valence-corrected chi connectivity index (χ0v) is 17.7. The smallest absolute Gasteiger partial charge is 0.326 e. The van der Waals surface area contributed by atoms with E-state index in [-0.39, 0.29) is 17.8 Å². The van der Waals surface area contributed by atoms with Crippen LogP contribution in [0.2, 0.25) is 0 Å². The molecule has 1 fully saturated rings. The van der Waals surface area contributed by atoms with Crippen molar-refractivity contribution in [3.05, 3.63) is 58.5 Å². The van der Waals surface area contributed by atoms with Crippen LogP contribution in [0.1, 0.15) is 37.5 Å². The lowest BCUT2D eigenvalue weighted by Crippen LogP contribution is -2.45. The standard InChI is InChI=1S/C23H29N3O4/c1-15(22(27)16-10-11-20(29-2)21(13-16)30-3)25-12-6-7-17(14-25)26-19-9-5-4-8-18(19)24-23(26)28/h4-5,8-11,13,15,17,22,27H,6-7,12,14H2,1-3H3,(H,24,28). The molecule has 2 N–H and O–H groups in total. The molecule has 160 valence electrons. The molecular formula is C23H29N3O4. The predicted molar refractivity (Wildman–Crippen MR) is 116 cm³/mol. The largest absolute Gasteiger partial charge is 0.493 e. The third-order valence-corrected chi connectivity index (χ3v) is 6.20. The topological polar surface area (TPSA) is 79.7 Å². The van der Waals surface area contributed by atoms with Crippen molar-refractivity contribution in [2.75, 3.05) is 27.3 Å². The van der Waals surface area contributed by atoms with Crippen LogP contribution in [0.3, 0.4) is 0 Å².